The Hall–Kier alpha value is -3.10. The zero-order chi connectivity index (χ0) is 27.2. The van der Waals surface area contributed by atoms with Gasteiger partial charge in [0.15, 0.2) is 0 Å². The van der Waals surface area contributed by atoms with Crippen LogP contribution in [-0.2, 0) is 32.3 Å². The predicted octanol–water partition coefficient (Wildman–Crippen LogP) is 3.87. The number of ether oxygens (including phenoxy) is 1. The molecule has 0 aliphatic heterocycles. The van der Waals surface area contributed by atoms with Crippen LogP contribution in [0.1, 0.15) is 45.2 Å². The van der Waals surface area contributed by atoms with Crippen molar-refractivity contribution in [1.82, 2.24) is 16.0 Å². The Balaban J connectivity index is 0.000000497. The molecule has 0 spiro atoms. The zero-order valence-corrected chi connectivity index (χ0v) is 22.2. The Morgan fingerprint density at radius 2 is 1.67 bits per heavy atom. The molecule has 0 aromatic heterocycles. The molecule has 0 bridgehead atoms. The number of nitrogens with one attached hydrogen (secondary N) is 3. The summed E-state index contributed by atoms with van der Waals surface area (Å²) in [4.78, 5) is 31.2. The molecule has 3 rings (SSSR count). The summed E-state index contributed by atoms with van der Waals surface area (Å²) in [6, 6.07) is 16.1. The van der Waals surface area contributed by atoms with Crippen molar-refractivity contribution in [2.24, 2.45) is 11.8 Å². The zero-order valence-electron chi connectivity index (χ0n) is 22.2. The van der Waals surface area contributed by atoms with Crippen molar-refractivity contribution in [2.75, 3.05) is 26.7 Å². The molecule has 2 aromatic carbocycles. The fourth-order valence-electron chi connectivity index (χ4n) is 2.87. The first-order valence-corrected chi connectivity index (χ1v) is 12.3. The molecule has 0 radical (unpaired) electrons. The number of likely N-dealkylation sites (N-methyl/N-ethyl adjacent to an activating group) is 1. The molecule has 8 heteroatoms. The fraction of sp³-hybridized carbons (Fsp3) is 0.464. The van der Waals surface area contributed by atoms with Crippen LogP contribution in [0.2, 0.25) is 0 Å². The van der Waals surface area contributed by atoms with Gasteiger partial charge < -0.3 is 20.7 Å². The Labute approximate surface area is 215 Å². The molecule has 200 valence electrons. The molecule has 1 aliphatic carbocycles. The third-order valence-corrected chi connectivity index (χ3v) is 4.98. The molecule has 1 fully saturated rings. The second-order valence-corrected chi connectivity index (χ2v) is 8.10. The summed E-state index contributed by atoms with van der Waals surface area (Å²) >= 11 is 0. The van der Waals surface area contributed by atoms with Crippen LogP contribution in [0.25, 0.3) is 0 Å². The summed E-state index contributed by atoms with van der Waals surface area (Å²) in [5.74, 6) is 1.49. The topological polar surface area (TPSA) is 96.5 Å². The van der Waals surface area contributed by atoms with Gasteiger partial charge in [0.25, 0.3) is 6.47 Å². The van der Waals surface area contributed by atoms with Crippen LogP contribution >= 0.6 is 0 Å². The summed E-state index contributed by atoms with van der Waals surface area (Å²) < 4.78 is 17.5. The highest BCUT2D eigenvalue weighted by Crippen LogP contribution is 2.36. The van der Waals surface area contributed by atoms with Crippen molar-refractivity contribution in [2.45, 2.75) is 47.3 Å². The largest absolute Gasteiger partial charge is 0.463 e. The van der Waals surface area contributed by atoms with Crippen molar-refractivity contribution in [3.8, 4) is 0 Å². The van der Waals surface area contributed by atoms with Crippen LogP contribution in [0.4, 0.5) is 4.39 Å². The van der Waals surface area contributed by atoms with Gasteiger partial charge >= 0.3 is 0 Å². The second-order valence-electron chi connectivity index (χ2n) is 8.10. The van der Waals surface area contributed by atoms with Gasteiger partial charge in [0.05, 0.1) is 13.1 Å². The molecule has 3 N–H and O–H groups in total. The predicted molar refractivity (Wildman–Crippen MR) is 142 cm³/mol. The van der Waals surface area contributed by atoms with Gasteiger partial charge in [-0.15, -0.1) is 0 Å². The van der Waals surface area contributed by atoms with E-state index in [4.69, 9.17) is 0 Å². The van der Waals surface area contributed by atoms with E-state index in [1.165, 1.54) is 19.4 Å². The van der Waals surface area contributed by atoms with Crippen LogP contribution in [0.15, 0.2) is 54.6 Å². The van der Waals surface area contributed by atoms with Crippen LogP contribution in [-0.4, -0.2) is 44.8 Å². The lowest BCUT2D eigenvalue weighted by Gasteiger charge is -2.03. The van der Waals surface area contributed by atoms with E-state index in [-0.39, 0.29) is 24.1 Å². The number of ketones is 1. The quantitative estimate of drug-likeness (QED) is 0.403. The maximum atomic E-state index is 13.0. The highest BCUT2D eigenvalue weighted by atomic mass is 19.1. The normalized spacial score (nSPS) is 14.8. The van der Waals surface area contributed by atoms with E-state index in [1.54, 1.807) is 25.2 Å². The van der Waals surface area contributed by atoms with Gasteiger partial charge in [-0.1, -0.05) is 69.3 Å². The summed E-state index contributed by atoms with van der Waals surface area (Å²) in [6.45, 7) is 10.5. The molecule has 1 amide bonds. The van der Waals surface area contributed by atoms with E-state index in [9.17, 15) is 18.8 Å². The maximum absolute atomic E-state index is 13.0. The summed E-state index contributed by atoms with van der Waals surface area (Å²) in [6.07, 6.45) is 1.28. The molecular weight excluding hydrogens is 461 g/mol. The molecular formula is C28H42FN3O4. The van der Waals surface area contributed by atoms with Crippen molar-refractivity contribution >= 4 is 18.2 Å². The van der Waals surface area contributed by atoms with Crippen LogP contribution < -0.4 is 16.0 Å². The van der Waals surface area contributed by atoms with Crippen molar-refractivity contribution in [1.29, 1.82) is 0 Å². The summed E-state index contributed by atoms with van der Waals surface area (Å²) in [5, 5.41) is 8.54. The molecule has 1 saturated carbocycles. The third kappa shape index (κ3) is 17.4. The lowest BCUT2D eigenvalue weighted by molar-refractivity contribution is -0.129. The Bertz CT molecular complexity index is 865. The number of rotatable bonds is 11. The van der Waals surface area contributed by atoms with Crippen molar-refractivity contribution < 1.29 is 23.5 Å². The minimum atomic E-state index is -0.237. The van der Waals surface area contributed by atoms with Crippen LogP contribution in [0.3, 0.4) is 0 Å². The van der Waals surface area contributed by atoms with E-state index < -0.39 is 0 Å². The first-order chi connectivity index (χ1) is 17.4. The van der Waals surface area contributed by atoms with Crippen molar-refractivity contribution in [3.63, 3.8) is 0 Å². The van der Waals surface area contributed by atoms with E-state index in [0.717, 1.165) is 23.9 Å². The average molecular weight is 504 g/mol. The third-order valence-electron chi connectivity index (χ3n) is 4.98. The Morgan fingerprint density at radius 3 is 2.19 bits per heavy atom. The first-order valence-electron chi connectivity index (χ1n) is 12.3. The molecule has 7 nitrogen and oxygen atoms in total. The van der Waals surface area contributed by atoms with Crippen LogP contribution in [0, 0.1) is 17.7 Å². The van der Waals surface area contributed by atoms with E-state index in [2.05, 4.69) is 27.6 Å². The number of benzene rings is 2. The fourth-order valence-corrected chi connectivity index (χ4v) is 2.87. The molecule has 2 aromatic rings. The summed E-state index contributed by atoms with van der Waals surface area (Å²) in [5.41, 5.74) is 1.60. The monoisotopic (exact) mass is 503 g/mol. The number of amides is 1. The molecule has 0 heterocycles. The highest BCUT2D eigenvalue weighted by molar-refractivity contribution is 5.78. The van der Waals surface area contributed by atoms with E-state index in [1.807, 2.05) is 44.2 Å². The minimum Gasteiger partial charge on any atom is -0.463 e. The van der Waals surface area contributed by atoms with Gasteiger partial charge in [-0.2, -0.15) is 0 Å². The average Bonchev–Trinajstić information content (AvgIpc) is 3.60. The van der Waals surface area contributed by atoms with Gasteiger partial charge in [-0.3, -0.25) is 14.4 Å². The molecule has 1 aliphatic rings. The van der Waals surface area contributed by atoms with Gasteiger partial charge in [-0.05, 0) is 43.9 Å². The number of hydrogen-bond donors (Lipinski definition) is 3. The molecule has 2 unspecified atom stereocenters. The Kier molecular flexibility index (Phi) is 19.4. The van der Waals surface area contributed by atoms with E-state index in [0.29, 0.717) is 31.7 Å². The number of Topliss-reactive ketones (excluding diaryl/α,β-unsaturated/α-hetero) is 1. The molecule has 2 atom stereocenters. The van der Waals surface area contributed by atoms with Gasteiger partial charge in [0.1, 0.15) is 18.2 Å². The van der Waals surface area contributed by atoms with Crippen molar-refractivity contribution in [3.05, 3.63) is 71.5 Å². The number of carbonyl (C=O) groups is 3. The lowest BCUT2D eigenvalue weighted by atomic mass is 10.2. The Morgan fingerprint density at radius 1 is 1.06 bits per heavy atom. The van der Waals surface area contributed by atoms with Gasteiger partial charge in [0, 0.05) is 18.7 Å². The minimum absolute atomic E-state index is 0.0522. The molecule has 0 saturated heterocycles. The number of halogens is 1. The standard InChI is InChI=1S/C10H12FNO.C8H16N2O.C8H8O2.C2H6/c1-8(13)6-12-7-9-4-2-3-5-10(9)11;1-6-3-7(6)4-10-8(11)5-9-2;9-7-10-6-8-4-2-1-3-5-8;1-2/h2-5,12H,6-7H2,1H3;6-7,9H,3-5H2,1-2H3,(H,10,11);1-5,7H,6H2;1-2H3. The highest BCUT2D eigenvalue weighted by Gasteiger charge is 2.32. The van der Waals surface area contributed by atoms with Crippen LogP contribution in [0.5, 0.6) is 0 Å². The lowest BCUT2D eigenvalue weighted by Crippen LogP contribution is -2.33. The molecule has 36 heavy (non-hydrogen) atoms. The van der Waals surface area contributed by atoms with E-state index >= 15 is 0 Å². The van der Waals surface area contributed by atoms with Gasteiger partial charge in [0.2, 0.25) is 5.91 Å². The second kappa shape index (κ2) is 21.2. The maximum Gasteiger partial charge on any atom is 0.293 e. The SMILES string of the molecule is CC.CC(=O)CNCc1ccccc1F.CNCC(=O)NCC1CC1C.O=COCc1ccccc1. The van der Waals surface area contributed by atoms with Gasteiger partial charge in [-0.25, -0.2) is 4.39 Å². The number of hydrogen-bond acceptors (Lipinski definition) is 6. The first kappa shape index (κ1) is 32.9. The smallest absolute Gasteiger partial charge is 0.293 e. The summed E-state index contributed by atoms with van der Waals surface area (Å²) in [7, 11) is 1.78. The number of carbonyl (C=O) groups excluding carboxylic acids is 3.